The molecule has 14 heavy (non-hydrogen) atoms. The molecule has 0 unspecified atom stereocenters. The molecule has 1 aliphatic rings. The van der Waals surface area contributed by atoms with Crippen LogP contribution in [0, 0.1) is 5.92 Å². The van der Waals surface area contributed by atoms with Gasteiger partial charge in [-0.25, -0.2) is 0 Å². The maximum Gasteiger partial charge on any atom is 0.303 e. The number of carboxylic acid groups (broad SMARTS) is 1. The lowest BCUT2D eigenvalue weighted by Gasteiger charge is -2.18. The molecule has 0 radical (unpaired) electrons. The van der Waals surface area contributed by atoms with Gasteiger partial charge in [0.1, 0.15) is 0 Å². The molecular weight excluding hydrogens is 182 g/mol. The van der Waals surface area contributed by atoms with Gasteiger partial charge in [0.05, 0.1) is 6.10 Å². The Morgan fingerprint density at radius 2 is 2.07 bits per heavy atom. The molecule has 0 spiro atoms. The number of hydrogen-bond acceptors (Lipinski definition) is 3. The lowest BCUT2D eigenvalue weighted by atomic mass is 9.92. The van der Waals surface area contributed by atoms with E-state index in [-0.39, 0.29) is 18.4 Å². The van der Waals surface area contributed by atoms with Crippen LogP contribution >= 0.6 is 0 Å². The fourth-order valence-corrected chi connectivity index (χ4v) is 1.92. The van der Waals surface area contributed by atoms with Gasteiger partial charge in [0.15, 0.2) is 0 Å². The SMILES string of the molecule is CN1CC[C@H](CCC(=O)O)[C@@H](O)CC1. The molecule has 1 heterocycles. The van der Waals surface area contributed by atoms with Crippen LogP contribution in [-0.4, -0.2) is 47.3 Å². The second-order valence-corrected chi connectivity index (χ2v) is 4.14. The summed E-state index contributed by atoms with van der Waals surface area (Å²) in [6, 6.07) is 0. The third-order valence-electron chi connectivity index (χ3n) is 2.96. The molecule has 1 saturated heterocycles. The average molecular weight is 201 g/mol. The summed E-state index contributed by atoms with van der Waals surface area (Å²) in [7, 11) is 2.03. The lowest BCUT2D eigenvalue weighted by molar-refractivity contribution is -0.137. The standard InChI is InChI=1S/C10H19NO3/c1-11-6-4-8(2-3-10(13)14)9(12)5-7-11/h8-9,12H,2-7H2,1H3,(H,13,14)/t8-,9-/m0/s1. The highest BCUT2D eigenvalue weighted by molar-refractivity contribution is 5.66. The van der Waals surface area contributed by atoms with Crippen LogP contribution in [0.2, 0.25) is 0 Å². The summed E-state index contributed by atoms with van der Waals surface area (Å²) < 4.78 is 0. The molecular formula is C10H19NO3. The minimum atomic E-state index is -0.769. The molecule has 1 fully saturated rings. The van der Waals surface area contributed by atoms with Crippen LogP contribution in [0.4, 0.5) is 0 Å². The first-order chi connectivity index (χ1) is 6.59. The number of aliphatic hydroxyl groups is 1. The Balaban J connectivity index is 2.37. The average Bonchev–Trinajstić information content (AvgIpc) is 2.27. The van der Waals surface area contributed by atoms with Crippen LogP contribution in [0.3, 0.4) is 0 Å². The van der Waals surface area contributed by atoms with Crippen molar-refractivity contribution in [2.45, 2.75) is 31.8 Å². The number of rotatable bonds is 3. The number of hydrogen-bond donors (Lipinski definition) is 2. The van der Waals surface area contributed by atoms with Crippen LogP contribution in [0.5, 0.6) is 0 Å². The monoisotopic (exact) mass is 201 g/mol. The quantitative estimate of drug-likeness (QED) is 0.700. The smallest absolute Gasteiger partial charge is 0.303 e. The van der Waals surface area contributed by atoms with Gasteiger partial charge < -0.3 is 15.1 Å². The van der Waals surface area contributed by atoms with Crippen LogP contribution in [0.25, 0.3) is 0 Å². The normalized spacial score (nSPS) is 29.9. The summed E-state index contributed by atoms with van der Waals surface area (Å²) in [5.74, 6) is -0.606. The Bertz CT molecular complexity index is 196. The summed E-state index contributed by atoms with van der Waals surface area (Å²) >= 11 is 0. The van der Waals surface area contributed by atoms with E-state index in [4.69, 9.17) is 5.11 Å². The van der Waals surface area contributed by atoms with Gasteiger partial charge in [-0.2, -0.15) is 0 Å². The number of carboxylic acids is 1. The van der Waals surface area contributed by atoms with Crippen molar-refractivity contribution in [2.75, 3.05) is 20.1 Å². The number of aliphatic carboxylic acids is 1. The van der Waals surface area contributed by atoms with Gasteiger partial charge in [0.25, 0.3) is 0 Å². The summed E-state index contributed by atoms with van der Waals surface area (Å²) in [5, 5.41) is 18.3. The van der Waals surface area contributed by atoms with E-state index in [1.54, 1.807) is 0 Å². The lowest BCUT2D eigenvalue weighted by Crippen LogP contribution is -2.21. The zero-order valence-electron chi connectivity index (χ0n) is 8.65. The number of carbonyl (C=O) groups is 1. The molecule has 2 atom stereocenters. The van der Waals surface area contributed by atoms with Gasteiger partial charge in [0, 0.05) is 13.0 Å². The number of nitrogens with zero attached hydrogens (tertiary/aromatic N) is 1. The Labute approximate surface area is 84.5 Å². The van der Waals surface area contributed by atoms with Crippen molar-refractivity contribution in [2.24, 2.45) is 5.92 Å². The van der Waals surface area contributed by atoms with E-state index in [9.17, 15) is 9.90 Å². The molecule has 4 heteroatoms. The van der Waals surface area contributed by atoms with Crippen LogP contribution in [0.15, 0.2) is 0 Å². The summed E-state index contributed by atoms with van der Waals surface area (Å²) in [4.78, 5) is 12.6. The molecule has 0 aromatic heterocycles. The van der Waals surface area contributed by atoms with Crippen LogP contribution in [-0.2, 0) is 4.79 Å². The Kier molecular flexibility index (Phi) is 4.35. The molecule has 0 saturated carbocycles. The molecule has 2 N–H and O–H groups in total. The first kappa shape index (κ1) is 11.5. The van der Waals surface area contributed by atoms with E-state index in [2.05, 4.69) is 4.90 Å². The molecule has 0 amide bonds. The molecule has 82 valence electrons. The van der Waals surface area contributed by atoms with E-state index in [0.29, 0.717) is 6.42 Å². The maximum atomic E-state index is 10.4. The van der Waals surface area contributed by atoms with E-state index in [1.807, 2.05) is 7.05 Å². The molecule has 0 aromatic carbocycles. The van der Waals surface area contributed by atoms with Crippen molar-refractivity contribution in [1.82, 2.24) is 4.90 Å². The van der Waals surface area contributed by atoms with Gasteiger partial charge in [-0.3, -0.25) is 4.79 Å². The van der Waals surface area contributed by atoms with Crippen molar-refractivity contribution in [3.63, 3.8) is 0 Å². The highest BCUT2D eigenvalue weighted by Crippen LogP contribution is 2.21. The highest BCUT2D eigenvalue weighted by atomic mass is 16.4. The number of aliphatic hydroxyl groups excluding tert-OH is 1. The predicted molar refractivity (Wildman–Crippen MR) is 53.1 cm³/mol. The fraction of sp³-hybridized carbons (Fsp3) is 0.900. The topological polar surface area (TPSA) is 60.8 Å². The predicted octanol–water partition coefficient (Wildman–Crippen LogP) is 0.554. The zero-order valence-corrected chi connectivity index (χ0v) is 8.65. The highest BCUT2D eigenvalue weighted by Gasteiger charge is 2.23. The number of likely N-dealkylation sites (tertiary alicyclic amines) is 1. The first-order valence-electron chi connectivity index (χ1n) is 5.18. The second kappa shape index (κ2) is 5.32. The van der Waals surface area contributed by atoms with Crippen molar-refractivity contribution >= 4 is 5.97 Å². The minimum Gasteiger partial charge on any atom is -0.481 e. The molecule has 0 aliphatic carbocycles. The first-order valence-corrected chi connectivity index (χ1v) is 5.18. The molecule has 1 rings (SSSR count). The molecule has 1 aliphatic heterocycles. The maximum absolute atomic E-state index is 10.4. The van der Waals surface area contributed by atoms with Crippen LogP contribution in [0.1, 0.15) is 25.7 Å². The fourth-order valence-electron chi connectivity index (χ4n) is 1.92. The van der Waals surface area contributed by atoms with E-state index >= 15 is 0 Å². The zero-order chi connectivity index (χ0) is 10.6. The largest absolute Gasteiger partial charge is 0.481 e. The molecule has 0 bridgehead atoms. The van der Waals surface area contributed by atoms with Crippen LogP contribution < -0.4 is 0 Å². The summed E-state index contributed by atoms with van der Waals surface area (Å²) in [6.07, 6.45) is 2.13. The summed E-state index contributed by atoms with van der Waals surface area (Å²) in [5.41, 5.74) is 0. The third-order valence-corrected chi connectivity index (χ3v) is 2.96. The van der Waals surface area contributed by atoms with E-state index in [0.717, 1.165) is 25.9 Å². The van der Waals surface area contributed by atoms with E-state index in [1.165, 1.54) is 0 Å². The van der Waals surface area contributed by atoms with Gasteiger partial charge in [-0.05, 0) is 38.8 Å². The Morgan fingerprint density at radius 3 is 2.71 bits per heavy atom. The Morgan fingerprint density at radius 1 is 1.43 bits per heavy atom. The second-order valence-electron chi connectivity index (χ2n) is 4.14. The summed E-state index contributed by atoms with van der Waals surface area (Å²) in [6.45, 7) is 1.87. The van der Waals surface area contributed by atoms with Crippen molar-refractivity contribution < 1.29 is 15.0 Å². The third kappa shape index (κ3) is 3.64. The van der Waals surface area contributed by atoms with Crippen molar-refractivity contribution in [3.05, 3.63) is 0 Å². The van der Waals surface area contributed by atoms with Gasteiger partial charge >= 0.3 is 5.97 Å². The van der Waals surface area contributed by atoms with Gasteiger partial charge in [0.2, 0.25) is 0 Å². The van der Waals surface area contributed by atoms with Gasteiger partial charge in [-0.1, -0.05) is 0 Å². The Hall–Kier alpha value is -0.610. The van der Waals surface area contributed by atoms with Crippen molar-refractivity contribution in [1.29, 1.82) is 0 Å². The van der Waals surface area contributed by atoms with E-state index < -0.39 is 5.97 Å². The van der Waals surface area contributed by atoms with Crippen molar-refractivity contribution in [3.8, 4) is 0 Å². The van der Waals surface area contributed by atoms with Gasteiger partial charge in [-0.15, -0.1) is 0 Å². The molecule has 4 nitrogen and oxygen atoms in total. The minimum absolute atomic E-state index is 0.163. The molecule has 0 aromatic rings.